The zero-order chi connectivity index (χ0) is 13.2. The summed E-state index contributed by atoms with van der Waals surface area (Å²) < 4.78 is 5.87. The average molecular weight is 255 g/mol. The van der Waals surface area contributed by atoms with E-state index < -0.39 is 0 Å². The van der Waals surface area contributed by atoms with Gasteiger partial charge in [-0.05, 0) is 48.1 Å². The van der Waals surface area contributed by atoms with Crippen molar-refractivity contribution in [1.29, 1.82) is 0 Å². The Morgan fingerprint density at radius 3 is 2.58 bits per heavy atom. The summed E-state index contributed by atoms with van der Waals surface area (Å²) in [5.74, 6) is 0.654. The Morgan fingerprint density at radius 2 is 1.89 bits per heavy atom. The maximum Gasteiger partial charge on any atom is 0.0795 e. The minimum absolute atomic E-state index is 0.0166. The first-order valence-electron chi connectivity index (χ1n) is 7.15. The lowest BCUT2D eigenvalue weighted by Crippen LogP contribution is -2.30. The Balaban J connectivity index is 1.89. The first-order chi connectivity index (χ1) is 9.29. The van der Waals surface area contributed by atoms with Gasteiger partial charge in [0.15, 0.2) is 0 Å². The third kappa shape index (κ3) is 2.65. The van der Waals surface area contributed by atoms with Crippen LogP contribution < -0.4 is 5.73 Å². The van der Waals surface area contributed by atoms with Gasteiger partial charge in [-0.25, -0.2) is 0 Å². The highest BCUT2D eigenvalue weighted by Gasteiger charge is 2.36. The maximum absolute atomic E-state index is 6.43. The van der Waals surface area contributed by atoms with Crippen LogP contribution in [0.5, 0.6) is 0 Å². The van der Waals surface area contributed by atoms with Crippen LogP contribution in [0.2, 0.25) is 0 Å². The van der Waals surface area contributed by atoms with Crippen LogP contribution in [0.1, 0.15) is 31.4 Å². The van der Waals surface area contributed by atoms with E-state index >= 15 is 0 Å². The maximum atomic E-state index is 6.43. The lowest BCUT2D eigenvalue weighted by Gasteiger charge is -2.24. The van der Waals surface area contributed by atoms with Crippen molar-refractivity contribution in [3.05, 3.63) is 48.0 Å². The molecule has 2 aromatic rings. The van der Waals surface area contributed by atoms with Crippen molar-refractivity contribution >= 4 is 10.8 Å². The van der Waals surface area contributed by atoms with E-state index in [1.54, 1.807) is 0 Å². The van der Waals surface area contributed by atoms with Crippen molar-refractivity contribution in [2.45, 2.75) is 31.9 Å². The molecule has 2 nitrogen and oxygen atoms in total. The Bertz CT molecular complexity index is 562. The summed E-state index contributed by atoms with van der Waals surface area (Å²) >= 11 is 0. The van der Waals surface area contributed by atoms with E-state index in [1.807, 2.05) is 6.92 Å². The fourth-order valence-electron chi connectivity index (χ4n) is 2.75. The molecule has 19 heavy (non-hydrogen) atoms. The number of hydrogen-bond donors (Lipinski definition) is 1. The molecule has 0 amide bonds. The van der Waals surface area contributed by atoms with E-state index in [4.69, 9.17) is 10.5 Å². The molecule has 0 aromatic heterocycles. The van der Waals surface area contributed by atoms with E-state index in [9.17, 15) is 0 Å². The molecule has 2 N–H and O–H groups in total. The van der Waals surface area contributed by atoms with Gasteiger partial charge in [0.2, 0.25) is 0 Å². The molecular weight excluding hydrogens is 234 g/mol. The first-order valence-corrected chi connectivity index (χ1v) is 7.15. The fourth-order valence-corrected chi connectivity index (χ4v) is 2.75. The number of nitrogens with two attached hydrogens (primary N) is 1. The van der Waals surface area contributed by atoms with Gasteiger partial charge in [0, 0.05) is 6.61 Å². The Morgan fingerprint density at radius 1 is 1.16 bits per heavy atom. The van der Waals surface area contributed by atoms with Gasteiger partial charge < -0.3 is 10.5 Å². The van der Waals surface area contributed by atoms with Crippen LogP contribution in [0.15, 0.2) is 42.5 Å². The van der Waals surface area contributed by atoms with Crippen molar-refractivity contribution in [2.75, 3.05) is 6.61 Å². The highest BCUT2D eigenvalue weighted by Crippen LogP contribution is 2.39. The van der Waals surface area contributed by atoms with Gasteiger partial charge in [-0.15, -0.1) is 0 Å². The van der Waals surface area contributed by atoms with E-state index in [1.165, 1.54) is 29.2 Å². The molecule has 0 heterocycles. The van der Waals surface area contributed by atoms with Gasteiger partial charge in [-0.1, -0.05) is 36.4 Å². The van der Waals surface area contributed by atoms with Crippen LogP contribution in [0, 0.1) is 5.92 Å². The Hall–Kier alpha value is -1.38. The monoisotopic (exact) mass is 255 g/mol. The van der Waals surface area contributed by atoms with Gasteiger partial charge in [0.05, 0.1) is 12.1 Å². The van der Waals surface area contributed by atoms with Crippen LogP contribution >= 0.6 is 0 Å². The summed E-state index contributed by atoms with van der Waals surface area (Å²) in [6.45, 7) is 2.78. The fraction of sp³-hybridized carbons (Fsp3) is 0.412. The van der Waals surface area contributed by atoms with E-state index in [-0.39, 0.29) is 12.1 Å². The minimum Gasteiger partial charge on any atom is -0.376 e. The molecule has 0 radical (unpaired) electrons. The zero-order valence-corrected chi connectivity index (χ0v) is 11.4. The van der Waals surface area contributed by atoms with E-state index in [0.717, 1.165) is 6.61 Å². The first kappa shape index (κ1) is 12.6. The zero-order valence-electron chi connectivity index (χ0n) is 11.4. The summed E-state index contributed by atoms with van der Waals surface area (Å²) in [5, 5.41) is 2.51. The second kappa shape index (κ2) is 5.32. The van der Waals surface area contributed by atoms with Crippen LogP contribution in [-0.2, 0) is 4.74 Å². The van der Waals surface area contributed by atoms with Crippen LogP contribution in [0.25, 0.3) is 10.8 Å². The molecule has 0 aliphatic heterocycles. The second-order valence-corrected chi connectivity index (χ2v) is 5.39. The molecule has 3 rings (SSSR count). The van der Waals surface area contributed by atoms with Gasteiger partial charge >= 0.3 is 0 Å². The smallest absolute Gasteiger partial charge is 0.0795 e. The Labute approximate surface area is 114 Å². The highest BCUT2D eigenvalue weighted by molar-refractivity contribution is 5.83. The molecule has 1 aliphatic rings. The molecule has 2 aromatic carbocycles. The molecule has 0 saturated heterocycles. The number of rotatable bonds is 5. The third-order valence-corrected chi connectivity index (χ3v) is 3.96. The summed E-state index contributed by atoms with van der Waals surface area (Å²) in [4.78, 5) is 0. The van der Waals surface area contributed by atoms with Crippen LogP contribution in [0.3, 0.4) is 0 Å². The van der Waals surface area contributed by atoms with Crippen molar-refractivity contribution in [3.63, 3.8) is 0 Å². The lowest BCUT2D eigenvalue weighted by atomic mass is 9.96. The van der Waals surface area contributed by atoms with Crippen LogP contribution in [-0.4, -0.2) is 12.7 Å². The SMILES string of the molecule is CCOC(C1CC1)C(N)c1ccc2ccccc2c1. The summed E-state index contributed by atoms with van der Waals surface area (Å²) in [6, 6.07) is 14.9. The van der Waals surface area contributed by atoms with Crippen LogP contribution in [0.4, 0.5) is 0 Å². The molecule has 1 aliphatic carbocycles. The van der Waals surface area contributed by atoms with Crippen molar-refractivity contribution < 1.29 is 4.74 Å². The molecule has 1 saturated carbocycles. The van der Waals surface area contributed by atoms with Crippen molar-refractivity contribution in [3.8, 4) is 0 Å². The predicted molar refractivity (Wildman–Crippen MR) is 79.0 cm³/mol. The second-order valence-electron chi connectivity index (χ2n) is 5.39. The van der Waals surface area contributed by atoms with Gasteiger partial charge in [-0.3, -0.25) is 0 Å². The summed E-state index contributed by atoms with van der Waals surface area (Å²) in [6.07, 6.45) is 2.68. The third-order valence-electron chi connectivity index (χ3n) is 3.96. The molecule has 2 unspecified atom stereocenters. The minimum atomic E-state index is -0.0166. The number of hydrogen-bond acceptors (Lipinski definition) is 2. The number of benzene rings is 2. The van der Waals surface area contributed by atoms with Gasteiger partial charge in [0.25, 0.3) is 0 Å². The number of fused-ring (bicyclic) bond motifs is 1. The molecule has 100 valence electrons. The standard InChI is InChI=1S/C17H21NO/c1-2-19-17(13-8-9-13)16(18)15-10-7-12-5-3-4-6-14(12)11-15/h3-7,10-11,13,16-17H,2,8-9,18H2,1H3. The Kier molecular flexibility index (Phi) is 3.54. The normalized spacial score (nSPS) is 18.4. The molecule has 2 atom stereocenters. The molecule has 0 bridgehead atoms. The quantitative estimate of drug-likeness (QED) is 0.885. The van der Waals surface area contributed by atoms with E-state index in [0.29, 0.717) is 5.92 Å². The van der Waals surface area contributed by atoms with Gasteiger partial charge in [-0.2, -0.15) is 0 Å². The summed E-state index contributed by atoms with van der Waals surface area (Å²) in [5.41, 5.74) is 7.62. The largest absolute Gasteiger partial charge is 0.376 e. The van der Waals surface area contributed by atoms with Crippen molar-refractivity contribution in [1.82, 2.24) is 0 Å². The predicted octanol–water partition coefficient (Wildman–Crippen LogP) is 3.65. The molecule has 0 spiro atoms. The molecule has 1 fully saturated rings. The topological polar surface area (TPSA) is 35.2 Å². The average Bonchev–Trinajstić information content (AvgIpc) is 3.28. The molecular formula is C17H21NO. The summed E-state index contributed by atoms with van der Waals surface area (Å²) in [7, 11) is 0. The molecule has 2 heteroatoms. The van der Waals surface area contributed by atoms with Crippen molar-refractivity contribution in [2.24, 2.45) is 11.7 Å². The highest BCUT2D eigenvalue weighted by atomic mass is 16.5. The van der Waals surface area contributed by atoms with Gasteiger partial charge in [0.1, 0.15) is 0 Å². The lowest BCUT2D eigenvalue weighted by molar-refractivity contribution is 0.0283. The van der Waals surface area contributed by atoms with E-state index in [2.05, 4.69) is 42.5 Å². The number of ether oxygens (including phenoxy) is 1.